The molecule has 2 N–H and O–H groups in total. The molecule has 0 amide bonds. The van der Waals surface area contributed by atoms with Crippen molar-refractivity contribution in [2.24, 2.45) is 5.73 Å². The van der Waals surface area contributed by atoms with Gasteiger partial charge in [0.25, 0.3) is 0 Å². The Labute approximate surface area is 126 Å². The average Bonchev–Trinajstić information content (AvgIpc) is 2.27. The van der Waals surface area contributed by atoms with Crippen molar-refractivity contribution in [2.45, 2.75) is 24.3 Å². The Hall–Kier alpha value is -0.260. The van der Waals surface area contributed by atoms with Gasteiger partial charge in [-0.05, 0) is 34.1 Å². The Morgan fingerprint density at radius 2 is 2.00 bits per heavy atom. The summed E-state index contributed by atoms with van der Waals surface area (Å²) in [5.74, 6) is 0. The van der Waals surface area contributed by atoms with Gasteiger partial charge in [-0.1, -0.05) is 26.1 Å². The first kappa shape index (κ1) is 14.2. The fourth-order valence-corrected chi connectivity index (χ4v) is 4.37. The van der Waals surface area contributed by atoms with Crippen LogP contribution in [0.5, 0.6) is 0 Å². The molecule has 1 aromatic rings. The predicted molar refractivity (Wildman–Crippen MR) is 88.8 cm³/mol. The highest BCUT2D eigenvalue weighted by molar-refractivity contribution is 9.10. The Kier molecular flexibility index (Phi) is 4.56. The number of anilines is 1. The van der Waals surface area contributed by atoms with Gasteiger partial charge < -0.3 is 10.6 Å². The molecular formula is C13H17BrN2S2. The van der Waals surface area contributed by atoms with Crippen LogP contribution in [-0.4, -0.2) is 28.6 Å². The van der Waals surface area contributed by atoms with E-state index in [1.54, 1.807) is 0 Å². The minimum Gasteiger partial charge on any atom is -0.389 e. The fraction of sp³-hybridized carbons (Fsp3) is 0.462. The first-order chi connectivity index (χ1) is 8.47. The summed E-state index contributed by atoms with van der Waals surface area (Å²) in [5.41, 5.74) is 7.79. The second kappa shape index (κ2) is 5.80. The number of hydrogen-bond donors (Lipinski definition) is 1. The van der Waals surface area contributed by atoms with E-state index in [4.69, 9.17) is 18.0 Å². The number of rotatable bonds is 2. The van der Waals surface area contributed by atoms with Gasteiger partial charge in [0.15, 0.2) is 0 Å². The standard InChI is InChI=1S/C13H17BrN2S2/c1-8-6-16(7-9(2)18-8)12-4-3-10(13(15)17)5-11(12)14/h3-5,8-9H,6-7H2,1-2H3,(H2,15,17). The average molecular weight is 345 g/mol. The number of nitrogens with zero attached hydrogens (tertiary/aromatic N) is 1. The first-order valence-corrected chi connectivity index (χ1v) is 8.11. The van der Waals surface area contributed by atoms with E-state index in [1.165, 1.54) is 5.69 Å². The molecule has 18 heavy (non-hydrogen) atoms. The summed E-state index contributed by atoms with van der Waals surface area (Å²) in [4.78, 5) is 2.87. The van der Waals surface area contributed by atoms with Crippen LogP contribution < -0.4 is 10.6 Å². The molecule has 0 bridgehead atoms. The van der Waals surface area contributed by atoms with Crippen LogP contribution in [0.2, 0.25) is 0 Å². The van der Waals surface area contributed by atoms with Gasteiger partial charge in [-0.15, -0.1) is 0 Å². The summed E-state index contributed by atoms with van der Waals surface area (Å²) >= 11 is 10.7. The van der Waals surface area contributed by atoms with Crippen LogP contribution in [0, 0.1) is 0 Å². The molecule has 1 heterocycles. The molecule has 2 atom stereocenters. The number of nitrogens with two attached hydrogens (primary N) is 1. The quantitative estimate of drug-likeness (QED) is 0.832. The van der Waals surface area contributed by atoms with Crippen molar-refractivity contribution in [3.63, 3.8) is 0 Å². The molecule has 1 saturated heterocycles. The lowest BCUT2D eigenvalue weighted by molar-refractivity contribution is 0.727. The zero-order valence-electron chi connectivity index (χ0n) is 10.5. The summed E-state index contributed by atoms with van der Waals surface area (Å²) in [6.07, 6.45) is 0. The first-order valence-electron chi connectivity index (χ1n) is 5.97. The molecule has 2 rings (SSSR count). The zero-order valence-corrected chi connectivity index (χ0v) is 13.7. The van der Waals surface area contributed by atoms with E-state index < -0.39 is 0 Å². The Morgan fingerprint density at radius 1 is 1.39 bits per heavy atom. The van der Waals surface area contributed by atoms with Gasteiger partial charge in [0, 0.05) is 33.6 Å². The maximum Gasteiger partial charge on any atom is 0.104 e. The van der Waals surface area contributed by atoms with Crippen LogP contribution in [0.25, 0.3) is 0 Å². The Balaban J connectivity index is 2.25. The third kappa shape index (κ3) is 3.19. The third-order valence-electron chi connectivity index (χ3n) is 2.99. The smallest absolute Gasteiger partial charge is 0.104 e. The highest BCUT2D eigenvalue weighted by Crippen LogP contribution is 2.33. The number of thiocarbonyl (C=S) groups is 1. The molecule has 0 aliphatic carbocycles. The van der Waals surface area contributed by atoms with E-state index >= 15 is 0 Å². The van der Waals surface area contributed by atoms with E-state index in [-0.39, 0.29) is 0 Å². The minimum absolute atomic E-state index is 0.443. The lowest BCUT2D eigenvalue weighted by Gasteiger charge is -2.36. The van der Waals surface area contributed by atoms with Crippen LogP contribution in [0.3, 0.4) is 0 Å². The molecule has 2 nitrogen and oxygen atoms in total. The molecule has 0 aromatic heterocycles. The molecule has 1 aromatic carbocycles. The third-order valence-corrected chi connectivity index (χ3v) is 5.09. The van der Waals surface area contributed by atoms with Crippen molar-refractivity contribution in [1.29, 1.82) is 0 Å². The second-order valence-corrected chi connectivity index (χ2v) is 7.87. The van der Waals surface area contributed by atoms with Crippen molar-refractivity contribution < 1.29 is 0 Å². The van der Waals surface area contributed by atoms with Crippen molar-refractivity contribution in [2.75, 3.05) is 18.0 Å². The van der Waals surface area contributed by atoms with Gasteiger partial charge >= 0.3 is 0 Å². The highest BCUT2D eigenvalue weighted by atomic mass is 79.9. The van der Waals surface area contributed by atoms with E-state index in [2.05, 4.69) is 52.5 Å². The molecule has 2 unspecified atom stereocenters. The van der Waals surface area contributed by atoms with Crippen LogP contribution >= 0.6 is 39.9 Å². The second-order valence-electron chi connectivity index (χ2n) is 4.69. The largest absolute Gasteiger partial charge is 0.389 e. The van der Waals surface area contributed by atoms with Crippen LogP contribution in [-0.2, 0) is 0 Å². The highest BCUT2D eigenvalue weighted by Gasteiger charge is 2.23. The van der Waals surface area contributed by atoms with Crippen LogP contribution in [0.4, 0.5) is 5.69 Å². The van der Waals surface area contributed by atoms with Crippen molar-refractivity contribution in [1.82, 2.24) is 0 Å². The van der Waals surface area contributed by atoms with Gasteiger partial charge in [-0.2, -0.15) is 11.8 Å². The van der Waals surface area contributed by atoms with Gasteiger partial charge in [0.05, 0.1) is 5.69 Å². The summed E-state index contributed by atoms with van der Waals surface area (Å²) < 4.78 is 1.07. The summed E-state index contributed by atoms with van der Waals surface area (Å²) in [7, 11) is 0. The van der Waals surface area contributed by atoms with Crippen molar-refractivity contribution in [3.8, 4) is 0 Å². The topological polar surface area (TPSA) is 29.3 Å². The Morgan fingerprint density at radius 3 is 2.50 bits per heavy atom. The van der Waals surface area contributed by atoms with Crippen molar-refractivity contribution in [3.05, 3.63) is 28.2 Å². The van der Waals surface area contributed by atoms with Crippen LogP contribution in [0.1, 0.15) is 19.4 Å². The van der Waals surface area contributed by atoms with Crippen LogP contribution in [0.15, 0.2) is 22.7 Å². The van der Waals surface area contributed by atoms with Crippen molar-refractivity contribution >= 4 is 50.6 Å². The number of hydrogen-bond acceptors (Lipinski definition) is 3. The molecule has 1 fully saturated rings. The molecule has 98 valence electrons. The number of thioether (sulfide) groups is 1. The SMILES string of the molecule is CC1CN(c2ccc(C(N)=S)cc2Br)CC(C)S1. The zero-order chi connectivity index (χ0) is 13.3. The monoisotopic (exact) mass is 344 g/mol. The molecule has 1 aliphatic heterocycles. The fourth-order valence-electron chi connectivity index (χ4n) is 2.29. The molecular weight excluding hydrogens is 328 g/mol. The molecule has 5 heteroatoms. The lowest BCUT2D eigenvalue weighted by atomic mass is 10.2. The van der Waals surface area contributed by atoms with Gasteiger partial charge in [0.2, 0.25) is 0 Å². The summed E-state index contributed by atoms with van der Waals surface area (Å²) in [5, 5.41) is 1.33. The Bertz CT molecular complexity index is 454. The number of halogens is 1. The molecule has 1 aliphatic rings. The molecule has 0 spiro atoms. The van der Waals surface area contributed by atoms with E-state index in [1.807, 2.05) is 12.1 Å². The predicted octanol–water partition coefficient (Wildman–Crippen LogP) is 3.41. The van der Waals surface area contributed by atoms with E-state index in [0.717, 1.165) is 23.1 Å². The maximum atomic E-state index is 5.65. The van der Waals surface area contributed by atoms with E-state index in [0.29, 0.717) is 15.5 Å². The maximum absolute atomic E-state index is 5.65. The molecule has 0 radical (unpaired) electrons. The molecule has 0 saturated carbocycles. The van der Waals surface area contributed by atoms with Gasteiger partial charge in [-0.3, -0.25) is 0 Å². The minimum atomic E-state index is 0.443. The lowest BCUT2D eigenvalue weighted by Crippen LogP contribution is -2.40. The summed E-state index contributed by atoms with van der Waals surface area (Å²) in [6.45, 7) is 6.73. The number of benzene rings is 1. The summed E-state index contributed by atoms with van der Waals surface area (Å²) in [6, 6.07) is 6.11. The van der Waals surface area contributed by atoms with Gasteiger partial charge in [0.1, 0.15) is 4.99 Å². The van der Waals surface area contributed by atoms with Gasteiger partial charge in [-0.25, -0.2) is 0 Å². The normalized spacial score (nSPS) is 24.1. The van der Waals surface area contributed by atoms with E-state index in [9.17, 15) is 0 Å².